The van der Waals surface area contributed by atoms with Crippen LogP contribution < -0.4 is 0 Å². The predicted octanol–water partition coefficient (Wildman–Crippen LogP) is 4.86. The first-order chi connectivity index (χ1) is 12.5. The van der Waals surface area contributed by atoms with Crippen molar-refractivity contribution in [2.24, 2.45) is 5.92 Å². The van der Waals surface area contributed by atoms with Crippen LogP contribution in [0.1, 0.15) is 19.4 Å². The monoisotopic (exact) mass is 376 g/mol. The molecular weight excluding hydrogens is 351 g/mol. The lowest BCUT2D eigenvalue weighted by molar-refractivity contribution is -0.141. The lowest BCUT2D eigenvalue weighted by atomic mass is 9.98. The lowest BCUT2D eigenvalue weighted by Crippen LogP contribution is -2.22. The van der Waals surface area contributed by atoms with Crippen LogP contribution in [0.3, 0.4) is 0 Å². The number of carbonyl (C=O) groups is 1. The predicted molar refractivity (Wildman–Crippen MR) is 102 cm³/mol. The molecule has 0 bridgehead atoms. The van der Waals surface area contributed by atoms with E-state index in [-0.39, 0.29) is 25.8 Å². The van der Waals surface area contributed by atoms with E-state index in [1.54, 1.807) is 13.8 Å². The van der Waals surface area contributed by atoms with Crippen LogP contribution >= 0.6 is 7.60 Å². The summed E-state index contributed by atoms with van der Waals surface area (Å²) >= 11 is 0. The van der Waals surface area contributed by atoms with E-state index in [0.29, 0.717) is 0 Å². The Labute approximate surface area is 154 Å². The third-order valence-corrected chi connectivity index (χ3v) is 6.18. The number of carboxylic acid groups (broad SMARTS) is 1. The second kappa shape index (κ2) is 9.67. The molecule has 0 unspecified atom stereocenters. The summed E-state index contributed by atoms with van der Waals surface area (Å²) in [6, 6.07) is 17.7. The highest BCUT2D eigenvalue weighted by molar-refractivity contribution is 7.53. The zero-order valence-electron chi connectivity index (χ0n) is 15.1. The molecule has 0 spiro atoms. The summed E-state index contributed by atoms with van der Waals surface area (Å²) in [6.45, 7) is 3.86. The Kier molecular flexibility index (Phi) is 7.58. The Morgan fingerprint density at radius 3 is 2.00 bits per heavy atom. The molecule has 2 aromatic carbocycles. The van der Waals surface area contributed by atoms with Gasteiger partial charge in [-0.25, -0.2) is 0 Å². The van der Waals surface area contributed by atoms with Gasteiger partial charge in [0.05, 0.1) is 25.3 Å². The minimum absolute atomic E-state index is 0.134. The fraction of sp³-hybridized carbons (Fsp3) is 0.350. The van der Waals surface area contributed by atoms with E-state index in [2.05, 4.69) is 0 Å². The Balaban J connectivity index is 2.12. The standard InChI is InChI=1S/C20H25O5P/c1-3-24-26(23,25-4-2)15-19(20(21)22)14-16-10-12-18(13-11-16)17-8-6-5-7-9-17/h5-13,19H,3-4,14-15H2,1-2H3,(H,21,22)/t19-/m1/s1. The van der Waals surface area contributed by atoms with Crippen LogP contribution in [0.5, 0.6) is 0 Å². The molecule has 2 rings (SSSR count). The molecule has 0 aliphatic rings. The first-order valence-corrected chi connectivity index (χ1v) is 10.5. The molecule has 0 saturated carbocycles. The number of rotatable bonds is 10. The van der Waals surface area contributed by atoms with Gasteiger partial charge in [-0.2, -0.15) is 0 Å². The van der Waals surface area contributed by atoms with Crippen LogP contribution in [0.15, 0.2) is 54.6 Å². The van der Waals surface area contributed by atoms with E-state index in [0.717, 1.165) is 16.7 Å². The molecule has 0 fully saturated rings. The molecular formula is C20H25O5P. The largest absolute Gasteiger partial charge is 0.481 e. The molecule has 0 radical (unpaired) electrons. The molecule has 0 aliphatic heterocycles. The fourth-order valence-electron chi connectivity index (χ4n) is 2.78. The van der Waals surface area contributed by atoms with Gasteiger partial charge in [-0.05, 0) is 37.0 Å². The summed E-state index contributed by atoms with van der Waals surface area (Å²) in [5, 5.41) is 9.53. The Morgan fingerprint density at radius 2 is 1.50 bits per heavy atom. The summed E-state index contributed by atoms with van der Waals surface area (Å²) in [4.78, 5) is 11.6. The Hall–Kier alpha value is -1.94. The highest BCUT2D eigenvalue weighted by Crippen LogP contribution is 2.50. The first kappa shape index (κ1) is 20.4. The minimum atomic E-state index is -3.40. The van der Waals surface area contributed by atoms with Gasteiger partial charge >= 0.3 is 13.6 Å². The minimum Gasteiger partial charge on any atom is -0.481 e. The van der Waals surface area contributed by atoms with Gasteiger partial charge in [-0.1, -0.05) is 54.6 Å². The summed E-state index contributed by atoms with van der Waals surface area (Å²) in [5.74, 6) is -1.83. The summed E-state index contributed by atoms with van der Waals surface area (Å²) in [6.07, 6.45) is 0.138. The van der Waals surface area contributed by atoms with Gasteiger partial charge in [0, 0.05) is 0 Å². The number of hydrogen-bond donors (Lipinski definition) is 1. The Morgan fingerprint density at radius 1 is 0.962 bits per heavy atom. The summed E-state index contributed by atoms with van der Waals surface area (Å²) in [7, 11) is -3.40. The molecule has 6 heteroatoms. The van der Waals surface area contributed by atoms with Crippen LogP contribution in [0.25, 0.3) is 11.1 Å². The quantitative estimate of drug-likeness (QED) is 0.599. The molecule has 26 heavy (non-hydrogen) atoms. The number of aliphatic carboxylic acids is 1. The summed E-state index contributed by atoms with van der Waals surface area (Å²) < 4.78 is 23.1. The van der Waals surface area contributed by atoms with Gasteiger partial charge in [-0.15, -0.1) is 0 Å². The van der Waals surface area contributed by atoms with E-state index >= 15 is 0 Å². The molecule has 0 aliphatic carbocycles. The normalized spacial score (nSPS) is 12.7. The zero-order valence-corrected chi connectivity index (χ0v) is 16.0. The van der Waals surface area contributed by atoms with Gasteiger partial charge < -0.3 is 14.2 Å². The van der Waals surface area contributed by atoms with Gasteiger partial charge in [0.1, 0.15) is 0 Å². The molecule has 140 valence electrons. The smallest absolute Gasteiger partial charge is 0.331 e. The van der Waals surface area contributed by atoms with Crippen molar-refractivity contribution < 1.29 is 23.5 Å². The molecule has 0 aromatic heterocycles. The van der Waals surface area contributed by atoms with Crippen LogP contribution in [-0.2, 0) is 24.8 Å². The van der Waals surface area contributed by atoms with Gasteiger partial charge in [0.2, 0.25) is 0 Å². The first-order valence-electron chi connectivity index (χ1n) is 8.72. The second-order valence-corrected chi connectivity index (χ2v) is 8.03. The summed E-state index contributed by atoms with van der Waals surface area (Å²) in [5.41, 5.74) is 3.04. The molecule has 2 aromatic rings. The Bertz CT molecular complexity index is 733. The van der Waals surface area contributed by atoms with Crippen LogP contribution in [0, 0.1) is 5.92 Å². The highest BCUT2D eigenvalue weighted by atomic mass is 31.2. The van der Waals surface area contributed by atoms with Crippen molar-refractivity contribution in [3.8, 4) is 11.1 Å². The SMILES string of the molecule is CCOP(=O)(C[C@@H](Cc1ccc(-c2ccccc2)cc1)C(=O)O)OCC. The fourth-order valence-corrected chi connectivity index (χ4v) is 4.68. The van der Waals surface area contributed by atoms with E-state index in [9.17, 15) is 14.5 Å². The van der Waals surface area contributed by atoms with Crippen LogP contribution in [-0.4, -0.2) is 30.5 Å². The van der Waals surface area contributed by atoms with Crippen molar-refractivity contribution in [2.75, 3.05) is 19.4 Å². The molecule has 0 heterocycles. The van der Waals surface area contributed by atoms with Crippen molar-refractivity contribution in [1.82, 2.24) is 0 Å². The molecule has 1 atom stereocenters. The van der Waals surface area contributed by atoms with E-state index in [4.69, 9.17) is 9.05 Å². The average Bonchev–Trinajstić information content (AvgIpc) is 2.63. The van der Waals surface area contributed by atoms with Crippen molar-refractivity contribution in [3.05, 3.63) is 60.2 Å². The maximum Gasteiger partial charge on any atom is 0.331 e. The number of hydrogen-bond acceptors (Lipinski definition) is 4. The molecule has 1 N–H and O–H groups in total. The van der Waals surface area contributed by atoms with Gasteiger partial charge in [-0.3, -0.25) is 9.36 Å². The molecule has 0 amide bonds. The average molecular weight is 376 g/mol. The van der Waals surface area contributed by atoms with Crippen molar-refractivity contribution >= 4 is 13.6 Å². The van der Waals surface area contributed by atoms with E-state index in [1.165, 1.54) is 0 Å². The second-order valence-electron chi connectivity index (χ2n) is 5.93. The number of carboxylic acids is 1. The topological polar surface area (TPSA) is 72.8 Å². The third kappa shape index (κ3) is 5.80. The maximum atomic E-state index is 12.6. The van der Waals surface area contributed by atoms with Crippen LogP contribution in [0.4, 0.5) is 0 Å². The van der Waals surface area contributed by atoms with Crippen molar-refractivity contribution in [2.45, 2.75) is 20.3 Å². The van der Waals surface area contributed by atoms with E-state index in [1.807, 2.05) is 54.6 Å². The lowest BCUT2D eigenvalue weighted by Gasteiger charge is -2.21. The van der Waals surface area contributed by atoms with Gasteiger partial charge in [0.15, 0.2) is 0 Å². The maximum absolute atomic E-state index is 12.6. The molecule has 5 nitrogen and oxygen atoms in total. The van der Waals surface area contributed by atoms with Crippen LogP contribution in [0.2, 0.25) is 0 Å². The molecule has 0 saturated heterocycles. The third-order valence-electron chi connectivity index (χ3n) is 3.99. The van der Waals surface area contributed by atoms with Gasteiger partial charge in [0.25, 0.3) is 0 Å². The highest BCUT2D eigenvalue weighted by Gasteiger charge is 2.32. The zero-order chi connectivity index (χ0) is 19.0. The van der Waals surface area contributed by atoms with Crippen molar-refractivity contribution in [3.63, 3.8) is 0 Å². The van der Waals surface area contributed by atoms with Crippen molar-refractivity contribution in [1.29, 1.82) is 0 Å². The van der Waals surface area contributed by atoms with E-state index < -0.39 is 19.5 Å². The number of benzene rings is 2.